The summed E-state index contributed by atoms with van der Waals surface area (Å²) in [5, 5.41) is 3.43. The molecule has 1 aromatic carbocycles. The quantitative estimate of drug-likeness (QED) is 0.532. The van der Waals surface area contributed by atoms with Crippen LogP contribution in [0.15, 0.2) is 23.2 Å². The molecule has 1 aliphatic rings. The van der Waals surface area contributed by atoms with Crippen LogP contribution >= 0.6 is 11.6 Å². The van der Waals surface area contributed by atoms with Crippen molar-refractivity contribution >= 4 is 35.2 Å². The van der Waals surface area contributed by atoms with Crippen molar-refractivity contribution in [3.8, 4) is 0 Å². The van der Waals surface area contributed by atoms with E-state index in [1.165, 1.54) is 0 Å². The number of nitrogens with one attached hydrogen (secondary N) is 1. The standard InChI is InChI=1S/C18H26ClN5O3/c1-18(2,3)27-17(26)22-12-6-8-24(9-7-12)14-10-11(4-5-13(14)19)15(25)23-16(20)21/h4-5,10,12H,6-9H2,1-3H3,(H,22,26)(H4,20,21,23,25). The first-order valence-corrected chi connectivity index (χ1v) is 9.11. The molecule has 0 saturated carbocycles. The molecule has 0 radical (unpaired) electrons. The number of nitrogens with zero attached hydrogens (tertiary/aromatic N) is 2. The molecular weight excluding hydrogens is 370 g/mol. The summed E-state index contributed by atoms with van der Waals surface area (Å²) in [6.07, 6.45) is 1.06. The average Bonchev–Trinajstić information content (AvgIpc) is 2.53. The Kier molecular flexibility index (Phi) is 6.54. The topological polar surface area (TPSA) is 123 Å². The molecule has 0 atom stereocenters. The van der Waals surface area contributed by atoms with Crippen molar-refractivity contribution in [1.82, 2.24) is 5.32 Å². The van der Waals surface area contributed by atoms with Gasteiger partial charge in [0, 0.05) is 24.7 Å². The van der Waals surface area contributed by atoms with Crippen LogP contribution in [0.25, 0.3) is 0 Å². The SMILES string of the molecule is CC(C)(C)OC(=O)NC1CCN(c2cc(C(=O)N=C(N)N)ccc2Cl)CC1. The van der Waals surface area contributed by atoms with Crippen molar-refractivity contribution in [2.24, 2.45) is 16.5 Å². The molecule has 0 unspecified atom stereocenters. The molecule has 1 fully saturated rings. The monoisotopic (exact) mass is 395 g/mol. The van der Waals surface area contributed by atoms with Gasteiger partial charge < -0.3 is 26.4 Å². The Morgan fingerprint density at radius 1 is 1.26 bits per heavy atom. The molecule has 5 N–H and O–H groups in total. The number of rotatable bonds is 3. The van der Waals surface area contributed by atoms with Crippen molar-refractivity contribution < 1.29 is 14.3 Å². The summed E-state index contributed by atoms with van der Waals surface area (Å²) in [7, 11) is 0. The first kappa shape index (κ1) is 20.8. The number of hydrogen-bond acceptors (Lipinski definition) is 4. The van der Waals surface area contributed by atoms with Crippen LogP contribution in [0.1, 0.15) is 44.0 Å². The lowest BCUT2D eigenvalue weighted by molar-refractivity contribution is 0.0497. The number of nitrogens with two attached hydrogens (primary N) is 2. The molecule has 0 spiro atoms. The van der Waals surface area contributed by atoms with Gasteiger partial charge in [0.15, 0.2) is 5.96 Å². The number of amides is 2. The number of benzene rings is 1. The lowest BCUT2D eigenvalue weighted by atomic mass is 10.0. The second kappa shape index (κ2) is 8.47. The molecule has 1 saturated heterocycles. The molecule has 8 nitrogen and oxygen atoms in total. The Labute approximate surface area is 163 Å². The van der Waals surface area contributed by atoms with Crippen molar-refractivity contribution in [2.45, 2.75) is 45.3 Å². The predicted molar refractivity (Wildman–Crippen MR) is 106 cm³/mol. The Morgan fingerprint density at radius 3 is 2.44 bits per heavy atom. The van der Waals surface area contributed by atoms with Crippen LogP contribution in [0.2, 0.25) is 5.02 Å². The third-order valence-corrected chi connectivity index (χ3v) is 4.30. The second-order valence-electron chi connectivity index (χ2n) is 7.42. The molecule has 1 heterocycles. The smallest absolute Gasteiger partial charge is 0.407 e. The van der Waals surface area contributed by atoms with Gasteiger partial charge in [-0.05, 0) is 51.8 Å². The zero-order chi connectivity index (χ0) is 20.2. The maximum absolute atomic E-state index is 12.0. The minimum atomic E-state index is -0.527. The summed E-state index contributed by atoms with van der Waals surface area (Å²) in [4.78, 5) is 29.5. The van der Waals surface area contributed by atoms with Crippen molar-refractivity contribution in [3.63, 3.8) is 0 Å². The Morgan fingerprint density at radius 2 is 1.89 bits per heavy atom. The highest BCUT2D eigenvalue weighted by molar-refractivity contribution is 6.33. The van der Waals surface area contributed by atoms with E-state index in [0.717, 1.165) is 18.5 Å². The number of ether oxygens (including phenoxy) is 1. The number of carbonyl (C=O) groups excluding carboxylic acids is 2. The normalized spacial score (nSPS) is 15.2. The summed E-state index contributed by atoms with van der Waals surface area (Å²) in [5.41, 5.74) is 11.1. The third kappa shape index (κ3) is 6.32. The highest BCUT2D eigenvalue weighted by atomic mass is 35.5. The Hall–Kier alpha value is -2.48. The summed E-state index contributed by atoms with van der Waals surface area (Å²) < 4.78 is 5.29. The summed E-state index contributed by atoms with van der Waals surface area (Å²) in [6.45, 7) is 6.84. The van der Waals surface area contributed by atoms with Crippen molar-refractivity contribution in [1.29, 1.82) is 0 Å². The maximum atomic E-state index is 12.0. The number of halogens is 1. The van der Waals surface area contributed by atoms with Gasteiger partial charge in [-0.2, -0.15) is 4.99 Å². The zero-order valence-corrected chi connectivity index (χ0v) is 16.5. The molecular formula is C18H26ClN5O3. The largest absolute Gasteiger partial charge is 0.444 e. The fraction of sp³-hybridized carbons (Fsp3) is 0.500. The minimum Gasteiger partial charge on any atom is -0.444 e. The first-order chi connectivity index (χ1) is 12.5. The molecule has 1 aromatic rings. The van der Waals surface area contributed by atoms with Crippen LogP contribution < -0.4 is 21.7 Å². The molecule has 0 aliphatic carbocycles. The van der Waals surface area contributed by atoms with Gasteiger partial charge in [-0.1, -0.05) is 11.6 Å². The van der Waals surface area contributed by atoms with Crippen LogP contribution in [0.3, 0.4) is 0 Å². The lowest BCUT2D eigenvalue weighted by Gasteiger charge is -2.34. The molecule has 148 valence electrons. The van der Waals surface area contributed by atoms with E-state index in [9.17, 15) is 9.59 Å². The van der Waals surface area contributed by atoms with E-state index in [1.54, 1.807) is 18.2 Å². The summed E-state index contributed by atoms with van der Waals surface area (Å²) >= 11 is 6.31. The van der Waals surface area contributed by atoms with Crippen LogP contribution in [0.5, 0.6) is 0 Å². The average molecular weight is 396 g/mol. The number of aliphatic imine (C=N–C) groups is 1. The molecule has 2 rings (SSSR count). The number of anilines is 1. The van der Waals surface area contributed by atoms with Gasteiger partial charge in [0.05, 0.1) is 10.7 Å². The van der Waals surface area contributed by atoms with Crippen LogP contribution in [0, 0.1) is 0 Å². The van der Waals surface area contributed by atoms with Gasteiger partial charge in [0.25, 0.3) is 5.91 Å². The fourth-order valence-corrected chi connectivity index (χ4v) is 3.05. The maximum Gasteiger partial charge on any atom is 0.407 e. The van der Waals surface area contributed by atoms with E-state index in [1.807, 2.05) is 20.8 Å². The first-order valence-electron chi connectivity index (χ1n) is 8.73. The predicted octanol–water partition coefficient (Wildman–Crippen LogP) is 2.25. The molecule has 9 heteroatoms. The lowest BCUT2D eigenvalue weighted by Crippen LogP contribution is -2.46. The van der Waals surface area contributed by atoms with Gasteiger partial charge in [-0.15, -0.1) is 0 Å². The van der Waals surface area contributed by atoms with Gasteiger partial charge >= 0.3 is 6.09 Å². The molecule has 2 amide bonds. The number of alkyl carbamates (subject to hydrolysis) is 1. The van der Waals surface area contributed by atoms with E-state index in [2.05, 4.69) is 15.2 Å². The zero-order valence-electron chi connectivity index (χ0n) is 15.8. The highest BCUT2D eigenvalue weighted by Gasteiger charge is 2.25. The molecule has 0 bridgehead atoms. The Bertz CT molecular complexity index is 733. The number of carbonyl (C=O) groups is 2. The van der Waals surface area contributed by atoms with Gasteiger partial charge in [0.2, 0.25) is 0 Å². The molecule has 1 aliphatic heterocycles. The second-order valence-corrected chi connectivity index (χ2v) is 7.82. The minimum absolute atomic E-state index is 0.0290. The Balaban J connectivity index is 2.00. The fourth-order valence-electron chi connectivity index (χ4n) is 2.81. The van der Waals surface area contributed by atoms with Gasteiger partial charge in [0.1, 0.15) is 5.60 Å². The molecule has 27 heavy (non-hydrogen) atoms. The molecule has 0 aromatic heterocycles. The third-order valence-electron chi connectivity index (χ3n) is 3.98. The van der Waals surface area contributed by atoms with E-state index in [0.29, 0.717) is 23.7 Å². The van der Waals surface area contributed by atoms with Crippen molar-refractivity contribution in [3.05, 3.63) is 28.8 Å². The number of guanidine groups is 1. The van der Waals surface area contributed by atoms with Crippen molar-refractivity contribution in [2.75, 3.05) is 18.0 Å². The van der Waals surface area contributed by atoms with Crippen LogP contribution in [0.4, 0.5) is 10.5 Å². The summed E-state index contributed by atoms with van der Waals surface area (Å²) in [6, 6.07) is 4.94. The van der Waals surface area contributed by atoms with Gasteiger partial charge in [-0.3, -0.25) is 4.79 Å². The number of piperidine rings is 1. The van der Waals surface area contributed by atoms with Crippen LogP contribution in [-0.4, -0.2) is 42.7 Å². The van der Waals surface area contributed by atoms with E-state index < -0.39 is 17.6 Å². The van der Waals surface area contributed by atoms with E-state index in [-0.39, 0.29) is 12.0 Å². The highest BCUT2D eigenvalue weighted by Crippen LogP contribution is 2.29. The number of hydrogen-bond donors (Lipinski definition) is 3. The van der Waals surface area contributed by atoms with E-state index in [4.69, 9.17) is 27.8 Å². The van der Waals surface area contributed by atoms with E-state index >= 15 is 0 Å². The van der Waals surface area contributed by atoms with Gasteiger partial charge in [-0.25, -0.2) is 4.79 Å². The summed E-state index contributed by atoms with van der Waals surface area (Å²) in [5.74, 6) is -0.806. The van der Waals surface area contributed by atoms with Crippen LogP contribution in [-0.2, 0) is 4.74 Å².